The van der Waals surface area contributed by atoms with Crippen molar-refractivity contribution in [2.24, 2.45) is 5.92 Å². The molecule has 1 N–H and O–H groups in total. The molecule has 0 saturated heterocycles. The highest BCUT2D eigenvalue weighted by atomic mass is 16.5. The van der Waals surface area contributed by atoms with Crippen LogP contribution in [0.5, 0.6) is 5.75 Å². The second-order valence-electron chi connectivity index (χ2n) is 5.23. The molecule has 0 bridgehead atoms. The monoisotopic (exact) mass is 278 g/mol. The van der Waals surface area contributed by atoms with Crippen LogP contribution in [0, 0.1) is 5.92 Å². The topological polar surface area (TPSA) is 55.8 Å². The summed E-state index contributed by atoms with van der Waals surface area (Å²) < 4.78 is 11.1. The first-order chi connectivity index (χ1) is 9.75. The smallest absolute Gasteiger partial charge is 0.335 e. The summed E-state index contributed by atoms with van der Waals surface area (Å²) in [4.78, 5) is 10.8. The Labute approximate surface area is 119 Å². The molecule has 0 aromatic heterocycles. The van der Waals surface area contributed by atoms with E-state index in [0.29, 0.717) is 19.0 Å². The zero-order valence-electron chi connectivity index (χ0n) is 11.7. The molecule has 0 atom stereocenters. The van der Waals surface area contributed by atoms with E-state index < -0.39 is 5.97 Å². The molecule has 2 rings (SSSR count). The van der Waals surface area contributed by atoms with E-state index in [1.165, 1.54) is 25.7 Å². The molecule has 1 aromatic carbocycles. The van der Waals surface area contributed by atoms with E-state index >= 15 is 0 Å². The Kier molecular flexibility index (Phi) is 5.87. The molecule has 0 unspecified atom stereocenters. The maximum atomic E-state index is 10.8. The van der Waals surface area contributed by atoms with Gasteiger partial charge in [0.05, 0.1) is 12.2 Å². The maximum Gasteiger partial charge on any atom is 0.335 e. The third-order valence-electron chi connectivity index (χ3n) is 3.68. The van der Waals surface area contributed by atoms with Gasteiger partial charge in [0.25, 0.3) is 0 Å². The SMILES string of the molecule is O=C(O)c1cccc(OCCCOCCC2CCC2)c1. The van der Waals surface area contributed by atoms with E-state index in [9.17, 15) is 4.79 Å². The van der Waals surface area contributed by atoms with Crippen LogP contribution in [0.15, 0.2) is 24.3 Å². The van der Waals surface area contributed by atoms with Gasteiger partial charge in [-0.25, -0.2) is 4.79 Å². The fourth-order valence-corrected chi connectivity index (χ4v) is 2.20. The Morgan fingerprint density at radius 3 is 2.80 bits per heavy atom. The van der Waals surface area contributed by atoms with Crippen molar-refractivity contribution in [3.05, 3.63) is 29.8 Å². The van der Waals surface area contributed by atoms with Crippen molar-refractivity contribution in [1.82, 2.24) is 0 Å². The summed E-state index contributed by atoms with van der Waals surface area (Å²) in [6.07, 6.45) is 6.12. The first kappa shape index (κ1) is 14.9. The molecule has 4 nitrogen and oxygen atoms in total. The summed E-state index contributed by atoms with van der Waals surface area (Å²) in [6, 6.07) is 6.55. The van der Waals surface area contributed by atoms with Gasteiger partial charge in [0.15, 0.2) is 0 Å². The number of hydrogen-bond acceptors (Lipinski definition) is 3. The Morgan fingerprint density at radius 1 is 1.25 bits per heavy atom. The molecule has 1 aliphatic carbocycles. The summed E-state index contributed by atoms with van der Waals surface area (Å²) >= 11 is 0. The molecule has 1 saturated carbocycles. The molecule has 0 heterocycles. The van der Waals surface area contributed by atoms with Gasteiger partial charge in [-0.2, -0.15) is 0 Å². The van der Waals surface area contributed by atoms with Gasteiger partial charge in [0.1, 0.15) is 5.75 Å². The Bertz CT molecular complexity index is 426. The minimum atomic E-state index is -0.935. The molecule has 1 aliphatic rings. The van der Waals surface area contributed by atoms with Gasteiger partial charge in [-0.1, -0.05) is 25.3 Å². The second-order valence-corrected chi connectivity index (χ2v) is 5.23. The van der Waals surface area contributed by atoms with Gasteiger partial charge in [-0.05, 0) is 30.5 Å². The van der Waals surface area contributed by atoms with Crippen molar-refractivity contribution < 1.29 is 19.4 Å². The van der Waals surface area contributed by atoms with Gasteiger partial charge in [-0.3, -0.25) is 0 Å². The molecule has 1 fully saturated rings. The second kappa shape index (κ2) is 7.90. The van der Waals surface area contributed by atoms with Gasteiger partial charge in [-0.15, -0.1) is 0 Å². The van der Waals surface area contributed by atoms with E-state index in [0.717, 1.165) is 18.9 Å². The van der Waals surface area contributed by atoms with E-state index in [2.05, 4.69) is 0 Å². The van der Waals surface area contributed by atoms with Crippen LogP contribution in [0.25, 0.3) is 0 Å². The highest BCUT2D eigenvalue weighted by Crippen LogP contribution is 2.29. The van der Waals surface area contributed by atoms with Crippen molar-refractivity contribution in [2.45, 2.75) is 32.1 Å². The highest BCUT2D eigenvalue weighted by molar-refractivity contribution is 5.87. The fraction of sp³-hybridized carbons (Fsp3) is 0.562. The van der Waals surface area contributed by atoms with Crippen LogP contribution in [-0.4, -0.2) is 30.9 Å². The Balaban J connectivity index is 1.53. The van der Waals surface area contributed by atoms with Gasteiger partial charge < -0.3 is 14.6 Å². The summed E-state index contributed by atoms with van der Waals surface area (Å²) in [5.41, 5.74) is 0.249. The molecule has 4 heteroatoms. The third kappa shape index (κ3) is 4.85. The largest absolute Gasteiger partial charge is 0.493 e. The predicted molar refractivity (Wildman–Crippen MR) is 76.3 cm³/mol. The standard InChI is InChI=1S/C16H22O4/c17-16(18)14-6-2-7-15(12-14)20-10-3-9-19-11-8-13-4-1-5-13/h2,6-7,12-13H,1,3-5,8-11H2,(H,17,18). The van der Waals surface area contributed by atoms with Crippen LogP contribution in [0.1, 0.15) is 42.5 Å². The molecular weight excluding hydrogens is 256 g/mol. The number of aromatic carboxylic acids is 1. The summed E-state index contributed by atoms with van der Waals surface area (Å²) in [6.45, 7) is 2.09. The molecule has 0 radical (unpaired) electrons. The number of ether oxygens (including phenoxy) is 2. The lowest BCUT2D eigenvalue weighted by Crippen LogP contribution is -2.14. The number of carboxylic acids is 1. The number of benzene rings is 1. The van der Waals surface area contributed by atoms with E-state index in [-0.39, 0.29) is 5.56 Å². The lowest BCUT2D eigenvalue weighted by molar-refractivity contribution is 0.0696. The average Bonchev–Trinajstić information content (AvgIpc) is 2.40. The van der Waals surface area contributed by atoms with Crippen LogP contribution in [0.3, 0.4) is 0 Å². The summed E-state index contributed by atoms with van der Waals surface area (Å²) in [7, 11) is 0. The third-order valence-corrected chi connectivity index (χ3v) is 3.68. The van der Waals surface area contributed by atoms with Crippen LogP contribution < -0.4 is 4.74 Å². The maximum absolute atomic E-state index is 10.8. The van der Waals surface area contributed by atoms with E-state index in [4.69, 9.17) is 14.6 Å². The predicted octanol–water partition coefficient (Wildman–Crippen LogP) is 3.36. The number of rotatable bonds is 9. The quantitative estimate of drug-likeness (QED) is 0.704. The van der Waals surface area contributed by atoms with Crippen LogP contribution >= 0.6 is 0 Å². The van der Waals surface area contributed by atoms with Crippen molar-refractivity contribution in [2.75, 3.05) is 19.8 Å². The van der Waals surface area contributed by atoms with E-state index in [1.54, 1.807) is 24.3 Å². The number of carbonyl (C=O) groups is 1. The summed E-state index contributed by atoms with van der Waals surface area (Å²) in [5, 5.41) is 8.87. The minimum Gasteiger partial charge on any atom is -0.493 e. The van der Waals surface area contributed by atoms with Gasteiger partial charge >= 0.3 is 5.97 Å². The van der Waals surface area contributed by atoms with Crippen LogP contribution in [0.2, 0.25) is 0 Å². The lowest BCUT2D eigenvalue weighted by Gasteiger charge is -2.24. The molecular formula is C16H22O4. The van der Waals surface area contributed by atoms with Crippen molar-refractivity contribution in [3.8, 4) is 5.75 Å². The first-order valence-electron chi connectivity index (χ1n) is 7.29. The Hall–Kier alpha value is -1.55. The highest BCUT2D eigenvalue weighted by Gasteiger charge is 2.16. The van der Waals surface area contributed by atoms with Crippen molar-refractivity contribution >= 4 is 5.97 Å². The summed E-state index contributed by atoms with van der Waals surface area (Å²) in [5.74, 6) is 0.555. The number of hydrogen-bond donors (Lipinski definition) is 1. The van der Waals surface area contributed by atoms with Crippen molar-refractivity contribution in [1.29, 1.82) is 0 Å². The number of carboxylic acid groups (broad SMARTS) is 1. The van der Waals surface area contributed by atoms with Gasteiger partial charge in [0.2, 0.25) is 0 Å². The molecule has 20 heavy (non-hydrogen) atoms. The minimum absolute atomic E-state index is 0.249. The zero-order chi connectivity index (χ0) is 14.2. The molecule has 0 spiro atoms. The average molecular weight is 278 g/mol. The van der Waals surface area contributed by atoms with E-state index in [1.807, 2.05) is 0 Å². The zero-order valence-corrected chi connectivity index (χ0v) is 11.7. The normalized spacial score (nSPS) is 14.8. The van der Waals surface area contributed by atoms with Gasteiger partial charge in [0, 0.05) is 19.6 Å². The fourth-order valence-electron chi connectivity index (χ4n) is 2.20. The van der Waals surface area contributed by atoms with Crippen molar-refractivity contribution in [3.63, 3.8) is 0 Å². The lowest BCUT2D eigenvalue weighted by atomic mass is 9.83. The Morgan fingerprint density at radius 2 is 2.10 bits per heavy atom. The molecule has 1 aromatic rings. The molecule has 0 amide bonds. The first-order valence-corrected chi connectivity index (χ1v) is 7.29. The van der Waals surface area contributed by atoms with Crippen LogP contribution in [-0.2, 0) is 4.74 Å². The molecule has 110 valence electrons. The van der Waals surface area contributed by atoms with Crippen LogP contribution in [0.4, 0.5) is 0 Å². The molecule has 0 aliphatic heterocycles.